The smallest absolute Gasteiger partial charge is 0.257 e. The van der Waals surface area contributed by atoms with Crippen LogP contribution in [0.2, 0.25) is 0 Å². The monoisotopic (exact) mass is 447 g/mol. The summed E-state index contributed by atoms with van der Waals surface area (Å²) in [5.41, 5.74) is 2.25. The van der Waals surface area contributed by atoms with E-state index in [1.807, 2.05) is 34.9 Å². The van der Waals surface area contributed by atoms with E-state index in [-0.39, 0.29) is 11.6 Å². The van der Waals surface area contributed by atoms with Gasteiger partial charge in [-0.3, -0.25) is 4.57 Å². The molecule has 2 aromatic heterocycles. The van der Waals surface area contributed by atoms with Crippen LogP contribution in [-0.4, -0.2) is 24.9 Å². The molecule has 0 atom stereocenters. The summed E-state index contributed by atoms with van der Waals surface area (Å²) in [6.45, 7) is 0. The molecule has 32 heavy (non-hydrogen) atoms. The van der Waals surface area contributed by atoms with Crippen molar-refractivity contribution in [3.8, 4) is 28.5 Å². The van der Waals surface area contributed by atoms with Crippen LogP contribution in [0.15, 0.2) is 88.5 Å². The molecule has 0 N–H and O–H groups in total. The number of rotatable bonds is 6. The zero-order valence-corrected chi connectivity index (χ0v) is 17.3. The van der Waals surface area contributed by atoms with Crippen LogP contribution in [0.25, 0.3) is 28.5 Å². The van der Waals surface area contributed by atoms with E-state index in [4.69, 9.17) is 4.52 Å². The Balaban J connectivity index is 1.43. The molecule has 5 aromatic rings. The van der Waals surface area contributed by atoms with E-state index in [2.05, 4.69) is 20.3 Å². The minimum Gasteiger partial charge on any atom is -0.334 e. The van der Waals surface area contributed by atoms with Gasteiger partial charge in [-0.2, -0.15) is 4.98 Å². The average molecular weight is 447 g/mol. The number of thioether (sulfide) groups is 1. The molecule has 0 spiro atoms. The molecule has 0 bridgehead atoms. The summed E-state index contributed by atoms with van der Waals surface area (Å²) in [6.07, 6.45) is 0. The van der Waals surface area contributed by atoms with E-state index in [1.54, 1.807) is 24.3 Å². The molecule has 2 heterocycles. The van der Waals surface area contributed by atoms with Gasteiger partial charge >= 0.3 is 0 Å². The van der Waals surface area contributed by atoms with E-state index in [1.165, 1.54) is 36.0 Å². The molecule has 9 heteroatoms. The van der Waals surface area contributed by atoms with Gasteiger partial charge in [0.1, 0.15) is 11.6 Å². The second-order valence-electron chi connectivity index (χ2n) is 6.80. The third-order valence-electron chi connectivity index (χ3n) is 4.64. The van der Waals surface area contributed by atoms with Gasteiger partial charge in [-0.15, -0.1) is 10.2 Å². The molecule has 0 unspecified atom stereocenters. The highest BCUT2D eigenvalue weighted by atomic mass is 32.2. The Morgan fingerprint density at radius 1 is 0.781 bits per heavy atom. The largest absolute Gasteiger partial charge is 0.334 e. The maximum Gasteiger partial charge on any atom is 0.257 e. The molecular weight excluding hydrogens is 432 g/mol. The summed E-state index contributed by atoms with van der Waals surface area (Å²) >= 11 is 1.38. The maximum atomic E-state index is 13.5. The highest BCUT2D eigenvalue weighted by molar-refractivity contribution is 7.98. The predicted molar refractivity (Wildman–Crippen MR) is 116 cm³/mol. The van der Waals surface area contributed by atoms with Crippen LogP contribution in [-0.2, 0) is 5.75 Å². The van der Waals surface area contributed by atoms with Crippen LogP contribution in [0.1, 0.15) is 5.82 Å². The summed E-state index contributed by atoms with van der Waals surface area (Å²) in [5.74, 6) is 1.13. The van der Waals surface area contributed by atoms with E-state index in [9.17, 15) is 8.78 Å². The molecule has 0 aliphatic rings. The van der Waals surface area contributed by atoms with Crippen LogP contribution >= 0.6 is 11.8 Å². The van der Waals surface area contributed by atoms with Crippen molar-refractivity contribution in [1.29, 1.82) is 0 Å². The molecule has 0 aliphatic carbocycles. The molecule has 0 aliphatic heterocycles. The van der Waals surface area contributed by atoms with Gasteiger partial charge in [-0.1, -0.05) is 47.3 Å². The Bertz CT molecular complexity index is 1340. The van der Waals surface area contributed by atoms with Gasteiger partial charge in [0, 0.05) is 16.8 Å². The standard InChI is InChI=1S/C23H15F2N5OS/c24-17-8-6-16(7-9-17)22-26-20(29-31-22)14-32-23-28-27-21(15-4-2-1-3-5-15)30(23)19-12-10-18(25)11-13-19/h1-13H,14H2. The summed E-state index contributed by atoms with van der Waals surface area (Å²) in [5, 5.41) is 13.3. The van der Waals surface area contributed by atoms with E-state index in [0.29, 0.717) is 34.0 Å². The number of halogens is 2. The van der Waals surface area contributed by atoms with Gasteiger partial charge < -0.3 is 4.52 Å². The third-order valence-corrected chi connectivity index (χ3v) is 5.56. The van der Waals surface area contributed by atoms with Gasteiger partial charge in [0.15, 0.2) is 16.8 Å². The van der Waals surface area contributed by atoms with Gasteiger partial charge in [0.05, 0.1) is 5.75 Å². The lowest BCUT2D eigenvalue weighted by Crippen LogP contribution is -2.00. The van der Waals surface area contributed by atoms with Gasteiger partial charge in [-0.05, 0) is 48.5 Å². The predicted octanol–water partition coefficient (Wildman–Crippen LogP) is 5.55. The zero-order chi connectivity index (χ0) is 21.9. The lowest BCUT2D eigenvalue weighted by molar-refractivity contribution is 0.425. The fourth-order valence-corrected chi connectivity index (χ4v) is 3.91. The minimum absolute atomic E-state index is 0.311. The summed E-state index contributed by atoms with van der Waals surface area (Å²) in [7, 11) is 0. The first-order chi connectivity index (χ1) is 15.7. The quantitative estimate of drug-likeness (QED) is 0.318. The Morgan fingerprint density at radius 3 is 2.19 bits per heavy atom. The second-order valence-corrected chi connectivity index (χ2v) is 7.74. The average Bonchev–Trinajstić information content (AvgIpc) is 3.47. The third kappa shape index (κ3) is 4.15. The Hall–Kier alpha value is -3.85. The normalized spacial score (nSPS) is 11.1. The molecule has 158 valence electrons. The van der Waals surface area contributed by atoms with Crippen LogP contribution in [0.4, 0.5) is 8.78 Å². The van der Waals surface area contributed by atoms with Crippen LogP contribution < -0.4 is 0 Å². The number of benzene rings is 3. The van der Waals surface area contributed by atoms with E-state index in [0.717, 1.165) is 11.3 Å². The summed E-state index contributed by atoms with van der Waals surface area (Å²) in [4.78, 5) is 4.38. The van der Waals surface area contributed by atoms with Crippen molar-refractivity contribution in [1.82, 2.24) is 24.9 Å². The lowest BCUT2D eigenvalue weighted by atomic mass is 10.2. The zero-order valence-electron chi connectivity index (χ0n) is 16.5. The van der Waals surface area contributed by atoms with Crippen molar-refractivity contribution in [3.63, 3.8) is 0 Å². The van der Waals surface area contributed by atoms with Crippen LogP contribution in [0.3, 0.4) is 0 Å². The lowest BCUT2D eigenvalue weighted by Gasteiger charge is -2.10. The van der Waals surface area contributed by atoms with Gasteiger partial charge in [0.2, 0.25) is 0 Å². The van der Waals surface area contributed by atoms with Crippen molar-refractivity contribution in [3.05, 3.63) is 96.3 Å². The Morgan fingerprint density at radius 2 is 1.47 bits per heavy atom. The van der Waals surface area contributed by atoms with Crippen LogP contribution in [0.5, 0.6) is 0 Å². The van der Waals surface area contributed by atoms with E-state index >= 15 is 0 Å². The minimum atomic E-state index is -0.335. The van der Waals surface area contributed by atoms with Crippen molar-refractivity contribution in [2.75, 3.05) is 0 Å². The Kier molecular flexibility index (Phi) is 5.47. The second kappa shape index (κ2) is 8.72. The first kappa shape index (κ1) is 20.1. The van der Waals surface area contributed by atoms with Crippen molar-refractivity contribution in [2.45, 2.75) is 10.9 Å². The molecule has 0 radical (unpaired) electrons. The van der Waals surface area contributed by atoms with E-state index < -0.39 is 0 Å². The molecule has 0 fully saturated rings. The summed E-state index contributed by atoms with van der Waals surface area (Å²) < 4.78 is 33.8. The fourth-order valence-electron chi connectivity index (χ4n) is 3.11. The summed E-state index contributed by atoms with van der Waals surface area (Å²) in [6, 6.07) is 21.6. The first-order valence-corrected chi connectivity index (χ1v) is 10.6. The van der Waals surface area contributed by atoms with Gasteiger partial charge in [0.25, 0.3) is 5.89 Å². The topological polar surface area (TPSA) is 69.6 Å². The first-order valence-electron chi connectivity index (χ1n) is 9.65. The molecule has 0 saturated carbocycles. The molecule has 0 saturated heterocycles. The highest BCUT2D eigenvalue weighted by Gasteiger charge is 2.18. The number of hydrogen-bond acceptors (Lipinski definition) is 6. The maximum absolute atomic E-state index is 13.5. The number of nitrogens with zero attached hydrogens (tertiary/aromatic N) is 5. The number of aromatic nitrogens is 5. The van der Waals surface area contributed by atoms with Crippen molar-refractivity contribution < 1.29 is 13.3 Å². The number of hydrogen-bond donors (Lipinski definition) is 0. The molecular formula is C23H15F2N5OS. The van der Waals surface area contributed by atoms with Gasteiger partial charge in [-0.25, -0.2) is 8.78 Å². The molecule has 3 aromatic carbocycles. The molecule has 5 rings (SSSR count). The molecule has 6 nitrogen and oxygen atoms in total. The fraction of sp³-hybridized carbons (Fsp3) is 0.0435. The van der Waals surface area contributed by atoms with Crippen molar-refractivity contribution in [2.24, 2.45) is 0 Å². The Labute approximate surface area is 185 Å². The highest BCUT2D eigenvalue weighted by Crippen LogP contribution is 2.30. The van der Waals surface area contributed by atoms with Crippen LogP contribution in [0, 0.1) is 11.6 Å². The SMILES string of the molecule is Fc1ccc(-c2nc(CSc3nnc(-c4ccccc4)n3-c3ccc(F)cc3)no2)cc1. The molecule has 0 amide bonds. The van der Waals surface area contributed by atoms with Crippen molar-refractivity contribution >= 4 is 11.8 Å².